The molecule has 6 heteroatoms. The van der Waals surface area contributed by atoms with Gasteiger partial charge in [-0.1, -0.05) is 6.07 Å². The maximum absolute atomic E-state index is 11.6. The zero-order valence-electron chi connectivity index (χ0n) is 10.1. The van der Waals surface area contributed by atoms with Gasteiger partial charge in [-0.25, -0.2) is 4.79 Å². The van der Waals surface area contributed by atoms with Gasteiger partial charge in [0, 0.05) is 11.3 Å². The van der Waals surface area contributed by atoms with Crippen molar-refractivity contribution in [3.63, 3.8) is 0 Å². The highest BCUT2D eigenvalue weighted by atomic mass is 32.1. The van der Waals surface area contributed by atoms with E-state index in [1.165, 1.54) is 10.9 Å². The maximum Gasteiger partial charge on any atom is 0.371 e. The highest BCUT2D eigenvalue weighted by Gasteiger charge is 2.09. The average molecular weight is 279 g/mol. The highest BCUT2D eigenvalue weighted by Crippen LogP contribution is 2.11. The van der Waals surface area contributed by atoms with Crippen molar-refractivity contribution < 1.29 is 19.1 Å². The number of carboxylic acids is 1. The number of rotatable bonds is 6. The molecule has 0 atom stereocenters. The van der Waals surface area contributed by atoms with Crippen LogP contribution >= 0.6 is 11.3 Å². The van der Waals surface area contributed by atoms with E-state index in [4.69, 9.17) is 9.52 Å². The topological polar surface area (TPSA) is 79.5 Å². The van der Waals surface area contributed by atoms with E-state index < -0.39 is 5.97 Å². The number of hydrogen-bond acceptors (Lipinski definition) is 4. The molecular formula is C13H13NO4S. The largest absolute Gasteiger partial charge is 0.475 e. The molecule has 5 nitrogen and oxygen atoms in total. The third kappa shape index (κ3) is 3.96. The van der Waals surface area contributed by atoms with Crippen LogP contribution in [0, 0.1) is 0 Å². The minimum Gasteiger partial charge on any atom is -0.475 e. The second-order valence-corrected chi connectivity index (χ2v) is 4.96. The lowest BCUT2D eigenvalue weighted by molar-refractivity contribution is -0.121. The van der Waals surface area contributed by atoms with E-state index in [0.29, 0.717) is 18.6 Å². The fourth-order valence-electron chi connectivity index (χ4n) is 1.55. The van der Waals surface area contributed by atoms with Crippen LogP contribution in [-0.4, -0.2) is 17.0 Å². The minimum atomic E-state index is -1.12. The van der Waals surface area contributed by atoms with Crippen LogP contribution in [-0.2, 0) is 17.8 Å². The number of thiophene rings is 1. The molecule has 100 valence electrons. The molecule has 0 spiro atoms. The Kier molecular flexibility index (Phi) is 4.35. The molecule has 0 bridgehead atoms. The first-order valence-corrected chi connectivity index (χ1v) is 6.64. The monoisotopic (exact) mass is 279 g/mol. The number of aromatic carboxylic acids is 1. The van der Waals surface area contributed by atoms with Crippen LogP contribution in [0.5, 0.6) is 0 Å². The van der Waals surface area contributed by atoms with Gasteiger partial charge in [-0.05, 0) is 30.0 Å². The lowest BCUT2D eigenvalue weighted by atomic mass is 10.2. The zero-order valence-corrected chi connectivity index (χ0v) is 10.9. The van der Waals surface area contributed by atoms with Gasteiger partial charge in [0.2, 0.25) is 11.7 Å². The second kappa shape index (κ2) is 6.19. The molecule has 0 aliphatic heterocycles. The number of carbonyl (C=O) groups excluding carboxylic acids is 1. The molecular weight excluding hydrogens is 266 g/mol. The Hall–Kier alpha value is -2.08. The Bertz CT molecular complexity index is 559. The summed E-state index contributed by atoms with van der Waals surface area (Å²) in [5, 5.41) is 13.4. The highest BCUT2D eigenvalue weighted by molar-refractivity contribution is 7.09. The minimum absolute atomic E-state index is 0.0818. The molecule has 19 heavy (non-hydrogen) atoms. The summed E-state index contributed by atoms with van der Waals surface area (Å²) in [5.41, 5.74) is 0. The number of furan rings is 1. The zero-order chi connectivity index (χ0) is 13.7. The molecule has 0 unspecified atom stereocenters. The van der Waals surface area contributed by atoms with Gasteiger partial charge in [0.25, 0.3) is 0 Å². The molecule has 0 saturated heterocycles. The van der Waals surface area contributed by atoms with E-state index in [2.05, 4.69) is 5.32 Å². The van der Waals surface area contributed by atoms with Crippen LogP contribution in [0.2, 0.25) is 0 Å². The summed E-state index contributed by atoms with van der Waals surface area (Å²) in [5.74, 6) is -0.887. The summed E-state index contributed by atoms with van der Waals surface area (Å²) in [7, 11) is 0. The van der Waals surface area contributed by atoms with Crippen molar-refractivity contribution in [1.29, 1.82) is 0 Å². The van der Waals surface area contributed by atoms with Crippen LogP contribution < -0.4 is 5.32 Å². The van der Waals surface area contributed by atoms with Crippen molar-refractivity contribution in [3.8, 4) is 0 Å². The molecule has 0 aliphatic rings. The normalized spacial score (nSPS) is 10.3. The molecule has 2 aromatic heterocycles. The predicted molar refractivity (Wildman–Crippen MR) is 70.2 cm³/mol. The summed E-state index contributed by atoms with van der Waals surface area (Å²) >= 11 is 1.62. The smallest absolute Gasteiger partial charge is 0.371 e. The lowest BCUT2D eigenvalue weighted by Crippen LogP contribution is -2.22. The second-order valence-electron chi connectivity index (χ2n) is 3.93. The van der Waals surface area contributed by atoms with Gasteiger partial charge in [0.05, 0.1) is 6.54 Å². The predicted octanol–water partition coefficient (Wildman–Crippen LogP) is 2.29. The molecule has 0 aliphatic carbocycles. The molecule has 2 rings (SSSR count). The Labute approximate surface area is 113 Å². The van der Waals surface area contributed by atoms with Crippen LogP contribution in [0.1, 0.15) is 27.6 Å². The molecule has 0 aromatic carbocycles. The van der Waals surface area contributed by atoms with E-state index in [9.17, 15) is 9.59 Å². The van der Waals surface area contributed by atoms with Crippen molar-refractivity contribution in [2.75, 3.05) is 0 Å². The first-order chi connectivity index (χ1) is 9.15. The summed E-state index contributed by atoms with van der Waals surface area (Å²) in [6.07, 6.45) is 1.12. The SMILES string of the molecule is O=C(CCc1cccs1)NCc1ccc(C(=O)O)o1. The Morgan fingerprint density at radius 3 is 2.79 bits per heavy atom. The fraction of sp³-hybridized carbons (Fsp3) is 0.231. The van der Waals surface area contributed by atoms with Crippen molar-refractivity contribution >= 4 is 23.2 Å². The average Bonchev–Trinajstić information content (AvgIpc) is 3.05. The van der Waals surface area contributed by atoms with Gasteiger partial charge in [0.15, 0.2) is 0 Å². The molecule has 2 N–H and O–H groups in total. The Morgan fingerprint density at radius 2 is 2.16 bits per heavy atom. The van der Waals surface area contributed by atoms with Crippen molar-refractivity contribution in [2.45, 2.75) is 19.4 Å². The quantitative estimate of drug-likeness (QED) is 0.850. The number of carboxylic acid groups (broad SMARTS) is 1. The van der Waals surface area contributed by atoms with E-state index in [0.717, 1.165) is 0 Å². The van der Waals surface area contributed by atoms with E-state index in [1.807, 2.05) is 17.5 Å². The van der Waals surface area contributed by atoms with E-state index in [1.54, 1.807) is 17.4 Å². The number of carbonyl (C=O) groups is 2. The molecule has 2 aromatic rings. The van der Waals surface area contributed by atoms with Gasteiger partial charge in [-0.15, -0.1) is 11.3 Å². The Morgan fingerprint density at radius 1 is 1.32 bits per heavy atom. The van der Waals surface area contributed by atoms with Crippen LogP contribution in [0.3, 0.4) is 0 Å². The molecule has 0 saturated carbocycles. The van der Waals surface area contributed by atoms with Gasteiger partial charge < -0.3 is 14.8 Å². The van der Waals surface area contributed by atoms with E-state index in [-0.39, 0.29) is 18.2 Å². The lowest BCUT2D eigenvalue weighted by Gasteiger charge is -2.02. The van der Waals surface area contributed by atoms with Crippen LogP contribution in [0.4, 0.5) is 0 Å². The Balaban J connectivity index is 1.75. The van der Waals surface area contributed by atoms with Crippen molar-refractivity contribution in [3.05, 3.63) is 46.0 Å². The fourth-order valence-corrected chi connectivity index (χ4v) is 2.26. The van der Waals surface area contributed by atoms with E-state index >= 15 is 0 Å². The standard InChI is InChI=1S/C13H13NO4S/c15-12(6-4-10-2-1-7-19-10)14-8-9-3-5-11(18-9)13(16)17/h1-3,5,7H,4,6,8H2,(H,14,15)(H,16,17). The van der Waals surface area contributed by atoms with Gasteiger partial charge in [-0.3, -0.25) is 4.79 Å². The first-order valence-electron chi connectivity index (χ1n) is 5.76. The first kappa shape index (κ1) is 13.4. The summed E-state index contributed by atoms with van der Waals surface area (Å²) < 4.78 is 5.03. The number of aryl methyl sites for hydroxylation is 1. The van der Waals surface area contributed by atoms with Crippen molar-refractivity contribution in [1.82, 2.24) is 5.32 Å². The van der Waals surface area contributed by atoms with Gasteiger partial charge in [-0.2, -0.15) is 0 Å². The van der Waals surface area contributed by atoms with Crippen LogP contribution in [0.15, 0.2) is 34.1 Å². The molecule has 2 heterocycles. The molecule has 0 fully saturated rings. The van der Waals surface area contributed by atoms with Gasteiger partial charge in [0.1, 0.15) is 5.76 Å². The molecule has 0 radical (unpaired) electrons. The number of hydrogen-bond donors (Lipinski definition) is 2. The third-order valence-corrected chi connectivity index (χ3v) is 3.45. The molecule has 1 amide bonds. The van der Waals surface area contributed by atoms with Crippen molar-refractivity contribution in [2.24, 2.45) is 0 Å². The maximum atomic E-state index is 11.6. The summed E-state index contributed by atoms with van der Waals surface area (Å²) in [6.45, 7) is 0.205. The summed E-state index contributed by atoms with van der Waals surface area (Å²) in [4.78, 5) is 23.4. The third-order valence-electron chi connectivity index (χ3n) is 2.51. The van der Waals surface area contributed by atoms with Gasteiger partial charge >= 0.3 is 5.97 Å². The van der Waals surface area contributed by atoms with Crippen LogP contribution in [0.25, 0.3) is 0 Å². The summed E-state index contributed by atoms with van der Waals surface area (Å²) in [6, 6.07) is 6.86. The number of amides is 1. The number of nitrogens with one attached hydrogen (secondary N) is 1.